The number of aliphatic hydroxyl groups excluding tert-OH is 5. The Morgan fingerprint density at radius 2 is 1.57 bits per heavy atom. The molecule has 1 amide bonds. The van der Waals surface area contributed by atoms with Crippen LogP contribution in [0, 0.1) is 0 Å². The molecule has 0 spiro atoms. The van der Waals surface area contributed by atoms with Crippen molar-refractivity contribution in [3.05, 3.63) is 0 Å². The largest absolute Gasteiger partial charge is 0.493 e. The molecule has 1 aliphatic rings. The molecule has 5 atom stereocenters. The number of carbonyl (C=O) groups is 2. The highest BCUT2D eigenvalue weighted by molar-refractivity contribution is 5.87. The highest BCUT2D eigenvalue weighted by Gasteiger charge is 2.49. The van der Waals surface area contributed by atoms with Crippen LogP contribution in [0.2, 0.25) is 0 Å². The van der Waals surface area contributed by atoms with Gasteiger partial charge in [0.2, 0.25) is 11.9 Å². The Hall–Kier alpha value is -2.20. The molecule has 1 saturated heterocycles. The second-order valence-corrected chi connectivity index (χ2v) is 5.69. The van der Waals surface area contributed by atoms with E-state index in [9.17, 15) is 48.3 Å². The maximum Gasteiger partial charge on any atom is 0.493 e. The monoisotopic (exact) mass is 418 g/mol. The van der Waals surface area contributed by atoms with Crippen LogP contribution in [-0.4, -0.2) is 112 Å². The normalized spacial score (nSPS) is 28.7. The van der Waals surface area contributed by atoms with E-state index >= 15 is 0 Å². The van der Waals surface area contributed by atoms with Crippen LogP contribution in [0.1, 0.15) is 0 Å². The SMILES string of the molecule is CN=C(NCC(=O)N1[C@H](CO)[C@H](O)C(O)[C@H](O)[C@H]1CO)NOC(=O)C(F)(F)F. The summed E-state index contributed by atoms with van der Waals surface area (Å²) in [6.45, 7) is -2.33. The van der Waals surface area contributed by atoms with Crippen LogP contribution in [-0.2, 0) is 14.4 Å². The van der Waals surface area contributed by atoms with Gasteiger partial charge in [0, 0.05) is 7.05 Å². The maximum absolute atomic E-state index is 12.4. The molecular formula is C13H21F3N4O8. The van der Waals surface area contributed by atoms with Gasteiger partial charge in [-0.2, -0.15) is 18.7 Å². The summed E-state index contributed by atoms with van der Waals surface area (Å²) in [5.41, 5.74) is 1.57. The number of aliphatic hydroxyl groups is 5. The third-order valence-corrected chi connectivity index (χ3v) is 3.97. The zero-order valence-electron chi connectivity index (χ0n) is 14.5. The van der Waals surface area contributed by atoms with Crippen LogP contribution in [0.15, 0.2) is 4.99 Å². The molecule has 0 aromatic rings. The van der Waals surface area contributed by atoms with Gasteiger partial charge in [-0.25, -0.2) is 4.79 Å². The number of piperidine rings is 1. The van der Waals surface area contributed by atoms with Crippen molar-refractivity contribution in [3.63, 3.8) is 0 Å². The number of alkyl halides is 3. The Bertz CT molecular complexity index is 573. The molecule has 0 bridgehead atoms. The third-order valence-electron chi connectivity index (χ3n) is 3.97. The second kappa shape index (κ2) is 9.83. The topological polar surface area (TPSA) is 184 Å². The lowest BCUT2D eigenvalue weighted by Gasteiger charge is -2.48. The van der Waals surface area contributed by atoms with Crippen molar-refractivity contribution in [1.82, 2.24) is 15.7 Å². The van der Waals surface area contributed by atoms with Crippen LogP contribution in [0.5, 0.6) is 0 Å². The Morgan fingerprint density at radius 1 is 1.07 bits per heavy atom. The van der Waals surface area contributed by atoms with Crippen LogP contribution in [0.25, 0.3) is 0 Å². The first-order valence-electron chi connectivity index (χ1n) is 7.81. The zero-order valence-corrected chi connectivity index (χ0v) is 14.5. The Labute approximate surface area is 156 Å². The number of carbonyl (C=O) groups excluding carboxylic acids is 2. The fourth-order valence-corrected chi connectivity index (χ4v) is 2.56. The van der Waals surface area contributed by atoms with Crippen LogP contribution in [0.4, 0.5) is 13.2 Å². The number of hydrogen-bond donors (Lipinski definition) is 7. The number of hydroxylamine groups is 1. The molecule has 28 heavy (non-hydrogen) atoms. The van der Waals surface area contributed by atoms with Crippen LogP contribution in [0.3, 0.4) is 0 Å². The Morgan fingerprint density at radius 3 is 1.96 bits per heavy atom. The molecule has 1 fully saturated rings. The minimum absolute atomic E-state index is 0.537. The molecule has 1 heterocycles. The summed E-state index contributed by atoms with van der Waals surface area (Å²) in [4.78, 5) is 31.0. The van der Waals surface area contributed by atoms with E-state index in [2.05, 4.69) is 15.1 Å². The molecule has 1 aliphatic heterocycles. The van der Waals surface area contributed by atoms with Crippen molar-refractivity contribution < 1.29 is 53.1 Å². The predicted molar refractivity (Wildman–Crippen MR) is 83.3 cm³/mol. The van der Waals surface area contributed by atoms with Crippen molar-refractivity contribution in [1.29, 1.82) is 0 Å². The van der Waals surface area contributed by atoms with E-state index in [1.807, 2.05) is 0 Å². The van der Waals surface area contributed by atoms with Crippen molar-refractivity contribution in [2.45, 2.75) is 36.6 Å². The predicted octanol–water partition coefficient (Wildman–Crippen LogP) is -4.18. The lowest BCUT2D eigenvalue weighted by atomic mass is 9.88. The van der Waals surface area contributed by atoms with E-state index in [-0.39, 0.29) is 0 Å². The van der Waals surface area contributed by atoms with Gasteiger partial charge in [-0.3, -0.25) is 9.79 Å². The van der Waals surface area contributed by atoms with E-state index < -0.39 is 74.2 Å². The molecule has 15 heteroatoms. The molecule has 0 aromatic carbocycles. The number of guanidine groups is 1. The molecule has 1 rings (SSSR count). The Balaban J connectivity index is 2.79. The summed E-state index contributed by atoms with van der Waals surface area (Å²) in [5.74, 6) is -4.02. The van der Waals surface area contributed by atoms with Gasteiger partial charge in [-0.1, -0.05) is 0 Å². The number of hydrogen-bond acceptors (Lipinski definition) is 9. The summed E-state index contributed by atoms with van der Waals surface area (Å²) < 4.78 is 36.2. The van der Waals surface area contributed by atoms with E-state index in [0.29, 0.717) is 0 Å². The van der Waals surface area contributed by atoms with Crippen molar-refractivity contribution in [2.75, 3.05) is 26.8 Å². The summed E-state index contributed by atoms with van der Waals surface area (Å²) in [6.07, 6.45) is -10.4. The average Bonchev–Trinajstić information content (AvgIpc) is 2.64. The Kier molecular flexibility index (Phi) is 8.37. The van der Waals surface area contributed by atoms with E-state index in [1.165, 1.54) is 0 Å². The lowest BCUT2D eigenvalue weighted by molar-refractivity contribution is -0.204. The summed E-state index contributed by atoms with van der Waals surface area (Å²) >= 11 is 0. The van der Waals surface area contributed by atoms with Crippen LogP contribution < -0.4 is 10.8 Å². The average molecular weight is 418 g/mol. The number of nitrogens with zero attached hydrogens (tertiary/aromatic N) is 2. The van der Waals surface area contributed by atoms with Crippen molar-refractivity contribution in [3.8, 4) is 0 Å². The van der Waals surface area contributed by atoms with Gasteiger partial charge in [-0.05, 0) is 0 Å². The summed E-state index contributed by atoms with van der Waals surface area (Å²) in [5, 5.41) is 50.6. The van der Waals surface area contributed by atoms with Gasteiger partial charge in [0.1, 0.15) is 18.3 Å². The zero-order chi connectivity index (χ0) is 21.6. The highest BCUT2D eigenvalue weighted by Crippen LogP contribution is 2.24. The van der Waals surface area contributed by atoms with Gasteiger partial charge in [0.15, 0.2) is 0 Å². The molecule has 7 N–H and O–H groups in total. The van der Waals surface area contributed by atoms with E-state index in [0.717, 1.165) is 11.9 Å². The molecule has 1 unspecified atom stereocenters. The van der Waals surface area contributed by atoms with E-state index in [4.69, 9.17) is 0 Å². The molecule has 0 saturated carbocycles. The van der Waals surface area contributed by atoms with Crippen molar-refractivity contribution >= 4 is 17.8 Å². The number of aliphatic imine (C=N–C) groups is 1. The highest BCUT2D eigenvalue weighted by atomic mass is 19.4. The lowest BCUT2D eigenvalue weighted by Crippen LogP contribution is -2.70. The van der Waals surface area contributed by atoms with Gasteiger partial charge in [-0.15, -0.1) is 0 Å². The molecule has 0 aromatic heterocycles. The molecule has 12 nitrogen and oxygen atoms in total. The fraction of sp³-hybridized carbons (Fsp3) is 0.769. The van der Waals surface area contributed by atoms with Gasteiger partial charge in [0.25, 0.3) is 0 Å². The minimum Gasteiger partial charge on any atom is -0.394 e. The number of rotatable bonds is 4. The second-order valence-electron chi connectivity index (χ2n) is 5.69. The maximum atomic E-state index is 12.4. The first-order chi connectivity index (χ1) is 13.0. The standard InChI is InChI=1S/C13H21F3N4O8/c1-17-12(19-28-11(27)13(14,15)16)18-2-7(23)20-5(3-21)8(24)10(26)9(25)6(20)4-22/h5-6,8-10,21-22,24-26H,2-4H2,1H3,(H2,17,18,19)/t5-,6-,8-,9+,10?/m1/s1. The number of halogens is 3. The van der Waals surface area contributed by atoms with Gasteiger partial charge in [0.05, 0.1) is 31.8 Å². The third kappa shape index (κ3) is 5.41. The molecule has 162 valence electrons. The number of nitrogens with one attached hydrogen (secondary N) is 2. The number of likely N-dealkylation sites (tertiary alicyclic amines) is 1. The first-order valence-corrected chi connectivity index (χ1v) is 7.81. The minimum atomic E-state index is -5.26. The quantitative estimate of drug-likeness (QED) is 0.134. The van der Waals surface area contributed by atoms with Crippen LogP contribution >= 0.6 is 0 Å². The molecular weight excluding hydrogens is 397 g/mol. The summed E-state index contributed by atoms with van der Waals surface area (Å²) in [7, 11) is 1.10. The smallest absolute Gasteiger partial charge is 0.394 e. The fourth-order valence-electron chi connectivity index (χ4n) is 2.56. The molecule has 0 aliphatic carbocycles. The van der Waals surface area contributed by atoms with E-state index in [1.54, 1.807) is 5.48 Å². The summed E-state index contributed by atoms with van der Waals surface area (Å²) in [6, 6.07) is -2.74. The van der Waals surface area contributed by atoms with Gasteiger partial charge >= 0.3 is 12.1 Å². The number of amides is 1. The first kappa shape index (κ1) is 23.8. The molecule has 0 radical (unpaired) electrons. The van der Waals surface area contributed by atoms with Gasteiger partial charge < -0.3 is 40.6 Å². The van der Waals surface area contributed by atoms with Crippen molar-refractivity contribution in [2.24, 2.45) is 4.99 Å².